The molecule has 0 aliphatic carbocycles. The minimum atomic E-state index is 0.201. The van der Waals surface area contributed by atoms with Crippen LogP contribution in [-0.4, -0.2) is 49.7 Å². The first-order chi connectivity index (χ1) is 11.7. The smallest absolute Gasteiger partial charge is 0.223 e. The zero-order chi connectivity index (χ0) is 16.9. The summed E-state index contributed by atoms with van der Waals surface area (Å²) in [5.74, 6) is 1.64. The summed E-state index contributed by atoms with van der Waals surface area (Å²) < 4.78 is 5.33. The lowest BCUT2D eigenvalue weighted by atomic mass is 9.93. The van der Waals surface area contributed by atoms with Crippen molar-refractivity contribution in [2.75, 3.05) is 33.9 Å². The minimum absolute atomic E-state index is 0.201. The van der Waals surface area contributed by atoms with E-state index >= 15 is 0 Å². The zero-order valence-corrected chi connectivity index (χ0v) is 14.7. The number of nitrogens with zero attached hydrogens (tertiary/aromatic N) is 2. The molecule has 2 heterocycles. The molecule has 132 valence electrons. The van der Waals surface area contributed by atoms with Gasteiger partial charge in [0.25, 0.3) is 0 Å². The van der Waals surface area contributed by atoms with Gasteiger partial charge in [0.05, 0.1) is 20.3 Å². The number of likely N-dealkylation sites (tertiary alicyclic amines) is 1. The van der Waals surface area contributed by atoms with E-state index in [1.165, 1.54) is 5.56 Å². The number of piperidine rings is 1. The summed E-state index contributed by atoms with van der Waals surface area (Å²) in [5.41, 5.74) is 1.19. The Kier molecular flexibility index (Phi) is 5.74. The normalized spacial score (nSPS) is 22.8. The Hall–Kier alpha value is -1.59. The number of carbonyl (C=O) groups excluding carboxylic acids is 1. The van der Waals surface area contributed by atoms with Crippen molar-refractivity contribution in [3.05, 3.63) is 29.8 Å². The topological polar surface area (TPSA) is 42.0 Å². The largest absolute Gasteiger partial charge is 0.497 e. The van der Waals surface area contributed by atoms with Gasteiger partial charge in [0.2, 0.25) is 5.91 Å². The van der Waals surface area contributed by atoms with Crippen LogP contribution in [0.3, 0.4) is 0 Å². The summed E-state index contributed by atoms with van der Waals surface area (Å²) in [6.45, 7) is 2.72. The van der Waals surface area contributed by atoms with Gasteiger partial charge >= 0.3 is 0 Å². The maximum absolute atomic E-state index is 12.9. The number of carbonyl (C=O) groups is 1. The van der Waals surface area contributed by atoms with Crippen LogP contribution in [0, 0.1) is 5.92 Å². The number of amides is 1. The first-order valence-electron chi connectivity index (χ1n) is 8.93. The Morgan fingerprint density at radius 3 is 2.67 bits per heavy atom. The molecule has 0 radical (unpaired) electrons. The molecule has 24 heavy (non-hydrogen) atoms. The SMILES string of the molecule is COc1cccc(C2CCCN2C(=O)CC2CCN(OC)CC2)c1. The number of ether oxygens (including phenoxy) is 1. The number of methoxy groups -OCH3 is 1. The van der Waals surface area contributed by atoms with E-state index in [0.717, 1.165) is 51.1 Å². The van der Waals surface area contributed by atoms with Crippen LogP contribution in [0.4, 0.5) is 0 Å². The van der Waals surface area contributed by atoms with E-state index < -0.39 is 0 Å². The van der Waals surface area contributed by atoms with Crippen molar-refractivity contribution in [1.82, 2.24) is 9.96 Å². The molecule has 5 nitrogen and oxygen atoms in total. The van der Waals surface area contributed by atoms with E-state index in [2.05, 4.69) is 17.0 Å². The lowest BCUT2D eigenvalue weighted by Gasteiger charge is -2.32. The second-order valence-electron chi connectivity index (χ2n) is 6.78. The van der Waals surface area contributed by atoms with Crippen molar-refractivity contribution in [2.24, 2.45) is 5.92 Å². The van der Waals surface area contributed by atoms with Crippen LogP contribution in [0.1, 0.15) is 43.7 Å². The van der Waals surface area contributed by atoms with Crippen molar-refractivity contribution in [3.63, 3.8) is 0 Å². The third-order valence-electron chi connectivity index (χ3n) is 5.35. The Bertz CT molecular complexity index is 555. The fourth-order valence-corrected chi connectivity index (χ4v) is 3.92. The summed E-state index contributed by atoms with van der Waals surface area (Å²) in [6.07, 6.45) is 4.86. The molecule has 2 saturated heterocycles. The van der Waals surface area contributed by atoms with Gasteiger partial charge in [-0.25, -0.2) is 0 Å². The lowest BCUT2D eigenvalue weighted by Crippen LogP contribution is -2.36. The first-order valence-corrected chi connectivity index (χ1v) is 8.93. The maximum atomic E-state index is 12.9. The van der Waals surface area contributed by atoms with E-state index in [1.807, 2.05) is 17.2 Å². The molecule has 0 N–H and O–H groups in total. The Morgan fingerprint density at radius 2 is 1.96 bits per heavy atom. The fraction of sp³-hybridized carbons (Fsp3) is 0.632. The summed E-state index contributed by atoms with van der Waals surface area (Å²) in [5, 5.41) is 1.98. The van der Waals surface area contributed by atoms with Crippen LogP contribution in [0.25, 0.3) is 0 Å². The van der Waals surface area contributed by atoms with Crippen LogP contribution >= 0.6 is 0 Å². The number of hydrogen-bond donors (Lipinski definition) is 0. The average molecular weight is 332 g/mol. The van der Waals surface area contributed by atoms with Gasteiger partial charge in [-0.2, -0.15) is 5.06 Å². The van der Waals surface area contributed by atoms with Crippen molar-refractivity contribution in [3.8, 4) is 5.75 Å². The molecule has 3 rings (SSSR count). The molecule has 5 heteroatoms. The molecule has 0 saturated carbocycles. The van der Waals surface area contributed by atoms with Gasteiger partial charge < -0.3 is 14.5 Å². The second-order valence-corrected chi connectivity index (χ2v) is 6.78. The molecule has 2 aliphatic rings. The Morgan fingerprint density at radius 1 is 1.17 bits per heavy atom. The standard InChI is InChI=1S/C19H28N2O3/c1-23-17-6-3-5-16(14-17)18-7-4-10-21(18)19(22)13-15-8-11-20(24-2)12-9-15/h3,5-6,14-15,18H,4,7-13H2,1-2H3. The number of benzene rings is 1. The maximum Gasteiger partial charge on any atom is 0.223 e. The molecule has 2 aliphatic heterocycles. The summed E-state index contributed by atoms with van der Waals surface area (Å²) in [6, 6.07) is 8.33. The molecule has 1 aromatic carbocycles. The van der Waals surface area contributed by atoms with Gasteiger partial charge in [0.15, 0.2) is 0 Å². The molecule has 1 amide bonds. The molecule has 0 aromatic heterocycles. The monoisotopic (exact) mass is 332 g/mol. The molecule has 0 spiro atoms. The summed E-state index contributed by atoms with van der Waals surface area (Å²) in [4.78, 5) is 20.2. The summed E-state index contributed by atoms with van der Waals surface area (Å²) >= 11 is 0. The quantitative estimate of drug-likeness (QED) is 0.831. The predicted octanol–water partition coefficient (Wildman–Crippen LogP) is 3.02. The molecular formula is C19H28N2O3. The Balaban J connectivity index is 1.61. The highest BCUT2D eigenvalue weighted by Crippen LogP contribution is 2.35. The Labute approximate surface area is 144 Å². The number of hydroxylamine groups is 2. The average Bonchev–Trinajstić information content (AvgIpc) is 3.12. The minimum Gasteiger partial charge on any atom is -0.497 e. The van der Waals surface area contributed by atoms with Crippen molar-refractivity contribution in [1.29, 1.82) is 0 Å². The van der Waals surface area contributed by atoms with Crippen LogP contribution in [0.2, 0.25) is 0 Å². The third-order valence-corrected chi connectivity index (χ3v) is 5.35. The van der Waals surface area contributed by atoms with Gasteiger partial charge in [-0.3, -0.25) is 4.79 Å². The summed E-state index contributed by atoms with van der Waals surface area (Å²) in [7, 11) is 3.40. The van der Waals surface area contributed by atoms with Crippen molar-refractivity contribution in [2.45, 2.75) is 38.1 Å². The van der Waals surface area contributed by atoms with E-state index in [4.69, 9.17) is 9.57 Å². The number of hydrogen-bond acceptors (Lipinski definition) is 4. The fourth-order valence-electron chi connectivity index (χ4n) is 3.92. The van der Waals surface area contributed by atoms with E-state index in [9.17, 15) is 4.79 Å². The second kappa shape index (κ2) is 7.99. The van der Waals surface area contributed by atoms with Gasteiger partial charge in [-0.05, 0) is 49.3 Å². The highest BCUT2D eigenvalue weighted by molar-refractivity contribution is 5.77. The van der Waals surface area contributed by atoms with E-state index in [-0.39, 0.29) is 6.04 Å². The first kappa shape index (κ1) is 17.2. The van der Waals surface area contributed by atoms with Crippen LogP contribution in [0.15, 0.2) is 24.3 Å². The highest BCUT2D eigenvalue weighted by atomic mass is 16.7. The van der Waals surface area contributed by atoms with Crippen molar-refractivity contribution >= 4 is 5.91 Å². The lowest BCUT2D eigenvalue weighted by molar-refractivity contribution is -0.151. The molecule has 1 aromatic rings. The van der Waals surface area contributed by atoms with Crippen molar-refractivity contribution < 1.29 is 14.4 Å². The molecule has 1 unspecified atom stereocenters. The van der Waals surface area contributed by atoms with Crippen LogP contribution in [0.5, 0.6) is 5.75 Å². The predicted molar refractivity (Wildman–Crippen MR) is 92.6 cm³/mol. The van der Waals surface area contributed by atoms with Gasteiger partial charge in [-0.15, -0.1) is 0 Å². The molecule has 1 atom stereocenters. The van der Waals surface area contributed by atoms with Gasteiger partial charge in [0.1, 0.15) is 5.75 Å². The van der Waals surface area contributed by atoms with E-state index in [0.29, 0.717) is 18.2 Å². The van der Waals surface area contributed by atoms with Gasteiger partial charge in [0, 0.05) is 26.1 Å². The van der Waals surface area contributed by atoms with Crippen LogP contribution < -0.4 is 4.74 Å². The van der Waals surface area contributed by atoms with Crippen LogP contribution in [-0.2, 0) is 9.63 Å². The number of rotatable bonds is 5. The molecule has 0 bridgehead atoms. The van der Waals surface area contributed by atoms with E-state index in [1.54, 1.807) is 14.2 Å². The molecule has 2 fully saturated rings. The highest BCUT2D eigenvalue weighted by Gasteiger charge is 2.32. The third kappa shape index (κ3) is 3.90. The zero-order valence-electron chi connectivity index (χ0n) is 14.7. The van der Waals surface area contributed by atoms with Gasteiger partial charge in [-0.1, -0.05) is 12.1 Å². The molecular weight excluding hydrogens is 304 g/mol.